The maximum absolute atomic E-state index is 0. The predicted octanol–water partition coefficient (Wildman–Crippen LogP) is -0.842. The van der Waals surface area contributed by atoms with Crippen molar-refractivity contribution in [2.24, 2.45) is 0 Å². The molecule has 0 heterocycles. The molecule has 0 unspecified atom stereocenters. The van der Waals surface area contributed by atoms with E-state index in [0.29, 0.717) is 0 Å². The van der Waals surface area contributed by atoms with Crippen molar-refractivity contribution in [2.75, 3.05) is 0 Å². The van der Waals surface area contributed by atoms with Gasteiger partial charge in [0.25, 0.3) is 0 Å². The molecule has 0 rings (SSSR count). The Bertz CT molecular complexity index is 14.4. The van der Waals surface area contributed by atoms with E-state index < -0.39 is 0 Å². The third kappa shape index (κ3) is 218. The van der Waals surface area contributed by atoms with Crippen LogP contribution in [0, 0.1) is 0 Å². The van der Waals surface area contributed by atoms with Crippen molar-refractivity contribution in [3.8, 4) is 0 Å². The minimum absolute atomic E-state index is 0. The second-order valence-corrected chi connectivity index (χ2v) is 0. The van der Waals surface area contributed by atoms with Gasteiger partial charge in [-0.05, 0) is 0 Å². The molecular formula is Nb2O7Pd2. The summed E-state index contributed by atoms with van der Waals surface area (Å²) in [5.74, 6) is 0. The van der Waals surface area contributed by atoms with Crippen molar-refractivity contribution in [3.05, 3.63) is 0 Å². The Hall–Kier alpha value is 2.53. The summed E-state index contributed by atoms with van der Waals surface area (Å²) in [5.41, 5.74) is 0. The zero-order valence-electron chi connectivity index (χ0n) is 4.38. The van der Waals surface area contributed by atoms with Gasteiger partial charge in [-0.2, -0.15) is 0 Å². The van der Waals surface area contributed by atoms with Crippen molar-refractivity contribution in [3.63, 3.8) is 0 Å². The Labute approximate surface area is 123 Å². The van der Waals surface area contributed by atoms with Gasteiger partial charge >= 0.3 is 85.6 Å². The Balaban J connectivity index is 0. The zero-order valence-corrected chi connectivity index (χ0v) is 11.9. The molecule has 0 aromatic heterocycles. The molecule has 11 heavy (non-hydrogen) atoms. The van der Waals surface area contributed by atoms with Gasteiger partial charge in [0.1, 0.15) is 0 Å². The molecular weight excluding hydrogens is 511 g/mol. The maximum atomic E-state index is 0. The molecule has 0 aliphatic heterocycles. The first-order chi connectivity index (χ1) is 0. The van der Waals surface area contributed by atoms with Crippen molar-refractivity contribution >= 4 is 0 Å². The molecule has 0 N–H and O–H groups in total. The molecule has 0 fully saturated rings. The SMILES string of the molecule is [Nb+5].[Nb+5].[O-2].[O-2].[O-2].[O-2].[O-2].[O-2].[O-2].[Pd+2].[Pd+2]. The van der Waals surface area contributed by atoms with Gasteiger partial charge in [0, 0.05) is 0 Å². The molecule has 0 spiro atoms. The molecule has 0 aliphatic carbocycles. The van der Waals surface area contributed by atoms with E-state index in [-0.39, 0.29) is 124 Å². The van der Waals surface area contributed by atoms with Crippen molar-refractivity contribution in [1.29, 1.82) is 0 Å². The molecule has 72 valence electrons. The minimum Gasteiger partial charge on any atom is -2.00 e. The molecule has 7 nitrogen and oxygen atoms in total. The smallest absolute Gasteiger partial charge is 2.00 e. The van der Waals surface area contributed by atoms with Crippen LogP contribution in [0.2, 0.25) is 0 Å². The molecule has 0 radical (unpaired) electrons. The molecule has 11 heteroatoms. The quantitative estimate of drug-likeness (QED) is 0.366. The molecule has 0 saturated heterocycles. The van der Waals surface area contributed by atoms with Crippen LogP contribution < -0.4 is 0 Å². The Kier molecular flexibility index (Phi) is 7890. The number of hydrogen-bond donors (Lipinski definition) is 0. The third-order valence-corrected chi connectivity index (χ3v) is 0. The Morgan fingerprint density at radius 1 is 0.273 bits per heavy atom. The average molecular weight is 511 g/mol. The van der Waals surface area contributed by atoms with Crippen LogP contribution in [0.5, 0.6) is 0 Å². The van der Waals surface area contributed by atoms with E-state index in [0.717, 1.165) is 0 Å². The van der Waals surface area contributed by atoms with E-state index in [4.69, 9.17) is 0 Å². The third-order valence-electron chi connectivity index (χ3n) is 0. The van der Waals surface area contributed by atoms with Gasteiger partial charge in [-0.15, -0.1) is 0 Å². The summed E-state index contributed by atoms with van der Waals surface area (Å²) in [6.07, 6.45) is 0. The van der Waals surface area contributed by atoms with Crippen molar-refractivity contribution < 1.29 is 124 Å². The molecule has 0 saturated carbocycles. The second kappa shape index (κ2) is 261. The Morgan fingerprint density at radius 2 is 0.273 bits per heavy atom. The van der Waals surface area contributed by atoms with E-state index >= 15 is 0 Å². The fourth-order valence-corrected chi connectivity index (χ4v) is 0. The first-order valence-corrected chi connectivity index (χ1v) is 0. The summed E-state index contributed by atoms with van der Waals surface area (Å²) in [5, 5.41) is 0. The summed E-state index contributed by atoms with van der Waals surface area (Å²) in [4.78, 5) is 0. The van der Waals surface area contributed by atoms with E-state index in [1.807, 2.05) is 0 Å². The predicted molar refractivity (Wildman–Crippen MR) is 4.81 cm³/mol. The first kappa shape index (κ1) is 333. The maximum Gasteiger partial charge on any atom is 5.00 e. The minimum atomic E-state index is 0. The van der Waals surface area contributed by atoms with E-state index in [1.54, 1.807) is 0 Å². The molecule has 0 aromatic carbocycles. The van der Waals surface area contributed by atoms with Gasteiger partial charge < -0.3 is 38.3 Å². The first-order valence-electron chi connectivity index (χ1n) is 0. The summed E-state index contributed by atoms with van der Waals surface area (Å²) < 4.78 is 0. The monoisotopic (exact) mass is 510 g/mol. The van der Waals surface area contributed by atoms with E-state index in [1.165, 1.54) is 0 Å². The molecule has 0 amide bonds. The number of hydrogen-bond acceptors (Lipinski definition) is 0. The van der Waals surface area contributed by atoms with Crippen LogP contribution in [0.1, 0.15) is 0 Å². The van der Waals surface area contributed by atoms with Crippen LogP contribution in [-0.2, 0) is 124 Å². The summed E-state index contributed by atoms with van der Waals surface area (Å²) in [6, 6.07) is 0. The summed E-state index contributed by atoms with van der Waals surface area (Å²) in [7, 11) is 0. The standard InChI is InChI=1S/2Nb.7O.2Pd/q2*+5;7*-2;2*+2. The fraction of sp³-hybridized carbons (Fsp3) is 0. The van der Waals surface area contributed by atoms with Crippen LogP contribution in [0.25, 0.3) is 0 Å². The van der Waals surface area contributed by atoms with Gasteiger partial charge in [-0.25, -0.2) is 0 Å². The largest absolute Gasteiger partial charge is 5.00 e. The molecule has 0 aliphatic rings. The van der Waals surface area contributed by atoms with Gasteiger partial charge in [0.05, 0.1) is 0 Å². The Morgan fingerprint density at radius 3 is 0.273 bits per heavy atom. The van der Waals surface area contributed by atoms with E-state index in [9.17, 15) is 0 Å². The van der Waals surface area contributed by atoms with Crippen LogP contribution in [-0.4, -0.2) is 0 Å². The molecule has 0 atom stereocenters. The van der Waals surface area contributed by atoms with E-state index in [2.05, 4.69) is 0 Å². The van der Waals surface area contributed by atoms with Gasteiger partial charge in [0.2, 0.25) is 0 Å². The van der Waals surface area contributed by atoms with Crippen LogP contribution in [0.15, 0.2) is 0 Å². The number of rotatable bonds is 0. The fourth-order valence-electron chi connectivity index (χ4n) is 0. The van der Waals surface area contributed by atoms with Gasteiger partial charge in [-0.1, -0.05) is 0 Å². The summed E-state index contributed by atoms with van der Waals surface area (Å²) in [6.45, 7) is 0. The topological polar surface area (TPSA) is 200 Å². The normalized spacial score (nSPS) is 0. The van der Waals surface area contributed by atoms with Crippen LogP contribution >= 0.6 is 0 Å². The second-order valence-electron chi connectivity index (χ2n) is 0. The van der Waals surface area contributed by atoms with Crippen molar-refractivity contribution in [2.45, 2.75) is 0 Å². The average Bonchev–Trinajstić information content (AvgIpc) is 0. The van der Waals surface area contributed by atoms with Crippen molar-refractivity contribution in [1.82, 2.24) is 0 Å². The van der Waals surface area contributed by atoms with Crippen LogP contribution in [0.4, 0.5) is 0 Å². The van der Waals surface area contributed by atoms with Gasteiger partial charge in [-0.3, -0.25) is 0 Å². The zero-order chi connectivity index (χ0) is 0. The summed E-state index contributed by atoms with van der Waals surface area (Å²) >= 11 is 0. The molecule has 0 aromatic rings. The van der Waals surface area contributed by atoms with Gasteiger partial charge in [0.15, 0.2) is 0 Å². The molecule has 0 bridgehead atoms. The van der Waals surface area contributed by atoms with Crippen LogP contribution in [0.3, 0.4) is 0 Å².